The normalized spacial score (nSPS) is 29.1. The van der Waals surface area contributed by atoms with Crippen LogP contribution in [0.2, 0.25) is 0 Å². The van der Waals surface area contributed by atoms with E-state index in [0.717, 1.165) is 18.5 Å². The maximum absolute atomic E-state index is 5.96. The molecule has 1 aromatic rings. The standard InChI is InChI=1S/C16H24N2/c1-18(12-16(11-17)8-5-9-16)15-10-14(15)13-6-3-2-4-7-13/h2-4,6-7,14-15H,5,8-12,17H2,1H3/t14-,15+/m1/s1. The van der Waals surface area contributed by atoms with Gasteiger partial charge in [0, 0.05) is 18.5 Å². The van der Waals surface area contributed by atoms with Crippen molar-refractivity contribution in [2.24, 2.45) is 11.1 Å². The van der Waals surface area contributed by atoms with E-state index in [0.29, 0.717) is 5.41 Å². The lowest BCUT2D eigenvalue weighted by Gasteiger charge is -2.43. The third-order valence-corrected chi connectivity index (χ3v) is 4.98. The second-order valence-corrected chi connectivity index (χ2v) is 6.29. The van der Waals surface area contributed by atoms with Crippen molar-refractivity contribution >= 4 is 0 Å². The minimum atomic E-state index is 0.443. The van der Waals surface area contributed by atoms with Crippen molar-refractivity contribution in [2.45, 2.75) is 37.6 Å². The highest BCUT2D eigenvalue weighted by atomic mass is 15.2. The van der Waals surface area contributed by atoms with Crippen molar-refractivity contribution in [1.82, 2.24) is 4.90 Å². The fourth-order valence-corrected chi connectivity index (χ4v) is 3.48. The molecule has 2 saturated carbocycles. The summed E-state index contributed by atoms with van der Waals surface area (Å²) < 4.78 is 0. The number of benzene rings is 1. The second kappa shape index (κ2) is 4.67. The Morgan fingerprint density at radius 2 is 2.00 bits per heavy atom. The van der Waals surface area contributed by atoms with E-state index in [4.69, 9.17) is 5.73 Å². The molecule has 2 N–H and O–H groups in total. The average molecular weight is 244 g/mol. The molecule has 98 valence electrons. The summed E-state index contributed by atoms with van der Waals surface area (Å²) in [5, 5.41) is 0. The first-order valence-electron chi connectivity index (χ1n) is 7.19. The highest BCUT2D eigenvalue weighted by molar-refractivity contribution is 5.27. The van der Waals surface area contributed by atoms with E-state index in [1.807, 2.05) is 0 Å². The molecule has 0 heterocycles. The van der Waals surface area contributed by atoms with E-state index < -0.39 is 0 Å². The molecular weight excluding hydrogens is 220 g/mol. The van der Waals surface area contributed by atoms with Crippen LogP contribution in [0, 0.1) is 5.41 Å². The monoisotopic (exact) mass is 244 g/mol. The fourth-order valence-electron chi connectivity index (χ4n) is 3.48. The highest BCUT2D eigenvalue weighted by Gasteiger charge is 2.45. The quantitative estimate of drug-likeness (QED) is 0.862. The van der Waals surface area contributed by atoms with Crippen molar-refractivity contribution in [3.05, 3.63) is 35.9 Å². The van der Waals surface area contributed by atoms with Gasteiger partial charge in [-0.15, -0.1) is 0 Å². The van der Waals surface area contributed by atoms with Gasteiger partial charge in [-0.25, -0.2) is 0 Å². The Labute approximate surface area is 110 Å². The zero-order chi connectivity index (χ0) is 12.6. The molecule has 3 rings (SSSR count). The van der Waals surface area contributed by atoms with Crippen LogP contribution in [0.25, 0.3) is 0 Å². The number of nitrogens with zero attached hydrogens (tertiary/aromatic N) is 1. The maximum Gasteiger partial charge on any atom is 0.0168 e. The van der Waals surface area contributed by atoms with Crippen molar-refractivity contribution in [3.8, 4) is 0 Å². The van der Waals surface area contributed by atoms with E-state index in [2.05, 4.69) is 42.3 Å². The van der Waals surface area contributed by atoms with Crippen molar-refractivity contribution in [1.29, 1.82) is 0 Å². The molecule has 2 aliphatic carbocycles. The topological polar surface area (TPSA) is 29.3 Å². The van der Waals surface area contributed by atoms with E-state index in [-0.39, 0.29) is 0 Å². The molecule has 18 heavy (non-hydrogen) atoms. The molecule has 2 atom stereocenters. The number of hydrogen-bond donors (Lipinski definition) is 1. The van der Waals surface area contributed by atoms with Crippen LogP contribution in [0.3, 0.4) is 0 Å². The Hall–Kier alpha value is -0.860. The summed E-state index contributed by atoms with van der Waals surface area (Å²) in [5.41, 5.74) is 7.90. The zero-order valence-electron chi connectivity index (χ0n) is 11.3. The number of hydrogen-bond acceptors (Lipinski definition) is 2. The van der Waals surface area contributed by atoms with Crippen molar-refractivity contribution < 1.29 is 0 Å². The molecule has 1 aromatic carbocycles. The molecule has 0 unspecified atom stereocenters. The van der Waals surface area contributed by atoms with E-state index >= 15 is 0 Å². The SMILES string of the molecule is CN(CC1(CN)CCC1)[C@H]1C[C@@H]1c1ccccc1. The van der Waals surface area contributed by atoms with Gasteiger partial charge in [-0.05, 0) is 43.8 Å². The van der Waals surface area contributed by atoms with Gasteiger partial charge in [0.15, 0.2) is 0 Å². The predicted molar refractivity (Wildman–Crippen MR) is 75.6 cm³/mol. The van der Waals surface area contributed by atoms with Gasteiger partial charge in [-0.3, -0.25) is 0 Å². The molecular formula is C16H24N2. The largest absolute Gasteiger partial charge is 0.330 e. The van der Waals surface area contributed by atoms with Crippen LogP contribution in [0.15, 0.2) is 30.3 Å². The summed E-state index contributed by atoms with van der Waals surface area (Å²) in [6.45, 7) is 2.05. The van der Waals surface area contributed by atoms with Gasteiger partial charge < -0.3 is 10.6 Å². The first kappa shape index (κ1) is 12.2. The minimum Gasteiger partial charge on any atom is -0.330 e. The lowest BCUT2D eigenvalue weighted by molar-refractivity contribution is 0.0834. The molecule has 0 spiro atoms. The van der Waals surface area contributed by atoms with Gasteiger partial charge in [0.05, 0.1) is 0 Å². The molecule has 0 saturated heterocycles. The maximum atomic E-state index is 5.96. The Bertz CT molecular complexity index is 391. The first-order chi connectivity index (χ1) is 8.74. The summed E-state index contributed by atoms with van der Waals surface area (Å²) in [6, 6.07) is 11.7. The van der Waals surface area contributed by atoms with Crippen LogP contribution in [0.4, 0.5) is 0 Å². The molecule has 0 aliphatic heterocycles. The van der Waals surface area contributed by atoms with Gasteiger partial charge in [0.2, 0.25) is 0 Å². The molecule has 0 radical (unpaired) electrons. The Kier molecular flexibility index (Phi) is 3.16. The van der Waals surface area contributed by atoms with Crippen LogP contribution in [-0.2, 0) is 0 Å². The molecule has 0 amide bonds. The summed E-state index contributed by atoms with van der Waals surface area (Å²) in [5.74, 6) is 0.756. The van der Waals surface area contributed by atoms with Gasteiger partial charge in [-0.1, -0.05) is 36.8 Å². The van der Waals surface area contributed by atoms with E-state index in [1.54, 1.807) is 0 Å². The lowest BCUT2D eigenvalue weighted by Crippen LogP contribution is -2.46. The number of nitrogens with two attached hydrogens (primary N) is 1. The highest BCUT2D eigenvalue weighted by Crippen LogP contribution is 2.47. The van der Waals surface area contributed by atoms with Crippen LogP contribution < -0.4 is 5.73 Å². The Morgan fingerprint density at radius 1 is 1.28 bits per heavy atom. The molecule has 2 aliphatic rings. The molecule has 2 nitrogen and oxygen atoms in total. The lowest BCUT2D eigenvalue weighted by atomic mass is 9.68. The number of likely N-dealkylation sites (N-methyl/N-ethyl adjacent to an activating group) is 1. The van der Waals surface area contributed by atoms with Gasteiger partial charge in [0.25, 0.3) is 0 Å². The van der Waals surface area contributed by atoms with Crippen LogP contribution in [-0.4, -0.2) is 31.1 Å². The zero-order valence-corrected chi connectivity index (χ0v) is 11.3. The van der Waals surface area contributed by atoms with Crippen LogP contribution >= 0.6 is 0 Å². The molecule has 0 bridgehead atoms. The predicted octanol–water partition coefficient (Wildman–Crippen LogP) is 2.60. The molecule has 2 heteroatoms. The fraction of sp³-hybridized carbons (Fsp3) is 0.625. The van der Waals surface area contributed by atoms with Gasteiger partial charge >= 0.3 is 0 Å². The minimum absolute atomic E-state index is 0.443. The summed E-state index contributed by atoms with van der Waals surface area (Å²) >= 11 is 0. The van der Waals surface area contributed by atoms with Crippen molar-refractivity contribution in [2.75, 3.05) is 20.1 Å². The Balaban J connectivity index is 1.58. The van der Waals surface area contributed by atoms with Crippen LogP contribution in [0.5, 0.6) is 0 Å². The summed E-state index contributed by atoms with van der Waals surface area (Å²) in [6.07, 6.45) is 5.35. The third kappa shape index (κ3) is 2.19. The van der Waals surface area contributed by atoms with E-state index in [9.17, 15) is 0 Å². The summed E-state index contributed by atoms with van der Waals surface area (Å²) in [4.78, 5) is 2.56. The average Bonchev–Trinajstić information content (AvgIpc) is 3.15. The first-order valence-corrected chi connectivity index (χ1v) is 7.19. The molecule has 0 aromatic heterocycles. The van der Waals surface area contributed by atoms with E-state index in [1.165, 1.54) is 37.8 Å². The Morgan fingerprint density at radius 3 is 2.56 bits per heavy atom. The van der Waals surface area contributed by atoms with Gasteiger partial charge in [-0.2, -0.15) is 0 Å². The summed E-state index contributed by atoms with van der Waals surface area (Å²) in [7, 11) is 2.28. The van der Waals surface area contributed by atoms with Crippen LogP contribution in [0.1, 0.15) is 37.2 Å². The van der Waals surface area contributed by atoms with Crippen molar-refractivity contribution in [3.63, 3.8) is 0 Å². The smallest absolute Gasteiger partial charge is 0.0168 e. The molecule has 2 fully saturated rings. The number of rotatable bonds is 5. The van der Waals surface area contributed by atoms with Gasteiger partial charge in [0.1, 0.15) is 0 Å². The third-order valence-electron chi connectivity index (χ3n) is 4.98. The second-order valence-electron chi connectivity index (χ2n) is 6.29.